The third-order valence-corrected chi connectivity index (χ3v) is 5.11. The number of ether oxygens (including phenoxy) is 2. The maximum atomic E-state index is 5.70. The van der Waals surface area contributed by atoms with Crippen molar-refractivity contribution in [1.29, 1.82) is 0 Å². The highest BCUT2D eigenvalue weighted by Crippen LogP contribution is 2.07. The molecule has 1 atom stereocenters. The molecular weight excluding hydrogens is 224 g/mol. The Morgan fingerprint density at radius 1 is 1.13 bits per heavy atom. The van der Waals surface area contributed by atoms with E-state index in [0.717, 1.165) is 31.8 Å². The molecule has 0 amide bonds. The number of hydrogen-bond donors (Lipinski definition) is 1. The Labute approximate surface area is 102 Å². The normalized spacial score (nSPS) is 14.2. The molecule has 0 saturated heterocycles. The van der Waals surface area contributed by atoms with Crippen molar-refractivity contribution in [3.63, 3.8) is 0 Å². The van der Waals surface area contributed by atoms with Crippen LogP contribution in [-0.2, 0) is 9.47 Å². The van der Waals surface area contributed by atoms with Crippen LogP contribution in [0.3, 0.4) is 0 Å². The fourth-order valence-electron chi connectivity index (χ4n) is 1.23. The molecule has 0 rings (SSSR count). The van der Waals surface area contributed by atoms with Crippen LogP contribution >= 0.6 is 12.6 Å². The summed E-state index contributed by atoms with van der Waals surface area (Å²) in [6.45, 7) is 8.17. The highest BCUT2D eigenvalue weighted by atomic mass is 32.1. The van der Waals surface area contributed by atoms with Crippen molar-refractivity contribution in [2.45, 2.75) is 45.6 Å². The van der Waals surface area contributed by atoms with Crippen LogP contribution in [0.25, 0.3) is 0 Å². The van der Waals surface area contributed by atoms with Crippen LogP contribution in [-0.4, -0.2) is 34.4 Å². The van der Waals surface area contributed by atoms with Crippen molar-refractivity contribution in [1.82, 2.24) is 0 Å². The predicted molar refractivity (Wildman–Crippen MR) is 72.6 cm³/mol. The van der Waals surface area contributed by atoms with Crippen LogP contribution < -0.4 is 0 Å². The van der Waals surface area contributed by atoms with E-state index in [0.29, 0.717) is 5.92 Å². The molecule has 0 aromatic heterocycles. The molecule has 92 valence electrons. The van der Waals surface area contributed by atoms with Crippen molar-refractivity contribution < 1.29 is 9.47 Å². The van der Waals surface area contributed by atoms with Crippen LogP contribution in [0.15, 0.2) is 0 Å². The van der Waals surface area contributed by atoms with Gasteiger partial charge in [0.1, 0.15) is 5.91 Å². The van der Waals surface area contributed by atoms with Gasteiger partial charge in [-0.3, -0.25) is 0 Å². The van der Waals surface area contributed by atoms with E-state index < -0.39 is 0 Å². The first-order valence-corrected chi connectivity index (χ1v) is 8.53. The van der Waals surface area contributed by atoms with E-state index >= 15 is 0 Å². The van der Waals surface area contributed by atoms with Crippen molar-refractivity contribution >= 4 is 22.1 Å². The molecule has 0 heterocycles. The summed E-state index contributed by atoms with van der Waals surface area (Å²) in [5, 5.41) is 0. The lowest BCUT2D eigenvalue weighted by Gasteiger charge is -2.19. The quantitative estimate of drug-likeness (QED) is 0.364. The van der Waals surface area contributed by atoms with E-state index in [9.17, 15) is 0 Å². The minimum absolute atomic E-state index is 0.132. The molecule has 15 heavy (non-hydrogen) atoms. The van der Waals surface area contributed by atoms with Crippen molar-refractivity contribution in [3.8, 4) is 0 Å². The summed E-state index contributed by atoms with van der Waals surface area (Å²) in [4.78, 5) is 0. The van der Waals surface area contributed by atoms with Gasteiger partial charge in [0.05, 0.1) is 9.52 Å². The molecule has 4 heteroatoms. The summed E-state index contributed by atoms with van der Waals surface area (Å²) in [6.07, 6.45) is 2.14. The average molecular weight is 250 g/mol. The Kier molecular flexibility index (Phi) is 11.3. The molecule has 0 aliphatic rings. The topological polar surface area (TPSA) is 18.5 Å². The summed E-state index contributed by atoms with van der Waals surface area (Å²) in [6, 6.07) is 1.27. The zero-order chi connectivity index (χ0) is 11.5. The third-order valence-electron chi connectivity index (χ3n) is 2.22. The van der Waals surface area contributed by atoms with Crippen LogP contribution in [0.5, 0.6) is 0 Å². The molecule has 0 fully saturated rings. The highest BCUT2D eigenvalue weighted by molar-refractivity contribution is 7.80. The van der Waals surface area contributed by atoms with E-state index in [1.807, 2.05) is 0 Å². The molecule has 1 unspecified atom stereocenters. The number of thiol groups is 1. The predicted octanol–water partition coefficient (Wildman–Crippen LogP) is 2.28. The first kappa shape index (κ1) is 15.5. The lowest BCUT2D eigenvalue weighted by Crippen LogP contribution is -2.26. The van der Waals surface area contributed by atoms with Crippen LogP contribution in [0.4, 0.5) is 0 Å². The van der Waals surface area contributed by atoms with E-state index in [1.54, 1.807) is 0 Å². The smallest absolute Gasteiger partial charge is 0.134 e. The second-order valence-electron chi connectivity index (χ2n) is 4.04. The van der Waals surface area contributed by atoms with Crippen molar-refractivity contribution in [2.24, 2.45) is 5.92 Å². The zero-order valence-electron chi connectivity index (χ0n) is 10.4. The lowest BCUT2D eigenvalue weighted by atomic mass is 10.3. The van der Waals surface area contributed by atoms with Gasteiger partial charge in [0.25, 0.3) is 0 Å². The van der Waals surface area contributed by atoms with E-state index in [-0.39, 0.29) is 15.4 Å². The fourth-order valence-corrected chi connectivity index (χ4v) is 3.46. The number of hydrogen-bond acceptors (Lipinski definition) is 3. The van der Waals surface area contributed by atoms with Gasteiger partial charge in [-0.05, 0) is 24.5 Å². The Morgan fingerprint density at radius 3 is 2.07 bits per heavy atom. The minimum atomic E-state index is -0.267. The molecule has 0 aromatic rings. The summed E-state index contributed by atoms with van der Waals surface area (Å²) in [5.41, 5.74) is 0. The van der Waals surface area contributed by atoms with Crippen LogP contribution in [0.2, 0.25) is 6.04 Å². The standard InChI is InChI=1S/C11H26O2SSi/c1-4-6-12-11(13-7-5-2)15-9-10(3)8-14/h10-11,14H,4-9,15H2,1-3H3. The van der Waals surface area contributed by atoms with Crippen molar-refractivity contribution in [3.05, 3.63) is 0 Å². The molecule has 0 spiro atoms. The van der Waals surface area contributed by atoms with Gasteiger partial charge in [-0.2, -0.15) is 12.6 Å². The maximum absolute atomic E-state index is 5.70. The SMILES string of the molecule is CCCOC(OCCC)[SiH2]CC(C)CS. The first-order valence-electron chi connectivity index (χ1n) is 6.08. The van der Waals surface area contributed by atoms with E-state index in [2.05, 4.69) is 33.4 Å². The van der Waals surface area contributed by atoms with Crippen molar-refractivity contribution in [2.75, 3.05) is 19.0 Å². The molecule has 0 bridgehead atoms. The molecular formula is C11H26O2SSi. The second-order valence-corrected chi connectivity index (χ2v) is 6.22. The van der Waals surface area contributed by atoms with Gasteiger partial charge in [-0.1, -0.05) is 26.8 Å². The molecule has 0 aliphatic carbocycles. The summed E-state index contributed by atoms with van der Waals surface area (Å²) in [7, 11) is -0.267. The van der Waals surface area contributed by atoms with Gasteiger partial charge in [-0.25, -0.2) is 0 Å². The van der Waals surface area contributed by atoms with Gasteiger partial charge in [0, 0.05) is 13.2 Å². The number of rotatable bonds is 10. The largest absolute Gasteiger partial charge is 0.357 e. The van der Waals surface area contributed by atoms with Gasteiger partial charge < -0.3 is 9.47 Å². The Bertz CT molecular complexity index is 128. The van der Waals surface area contributed by atoms with Gasteiger partial charge >= 0.3 is 0 Å². The molecule has 0 aromatic carbocycles. The Balaban J connectivity index is 3.67. The van der Waals surface area contributed by atoms with Crippen LogP contribution in [0.1, 0.15) is 33.6 Å². The molecule has 0 aliphatic heterocycles. The Morgan fingerprint density at radius 2 is 1.67 bits per heavy atom. The Hall–Kier alpha value is 0.487. The fraction of sp³-hybridized carbons (Fsp3) is 1.00. The maximum Gasteiger partial charge on any atom is 0.134 e. The monoisotopic (exact) mass is 250 g/mol. The van der Waals surface area contributed by atoms with E-state index in [4.69, 9.17) is 9.47 Å². The molecule has 0 saturated carbocycles. The molecule has 0 N–H and O–H groups in total. The summed E-state index contributed by atoms with van der Waals surface area (Å²) >= 11 is 4.30. The summed E-state index contributed by atoms with van der Waals surface area (Å²) in [5.74, 6) is 1.81. The van der Waals surface area contributed by atoms with Gasteiger partial charge in [-0.15, -0.1) is 0 Å². The van der Waals surface area contributed by atoms with Crippen LogP contribution in [0, 0.1) is 5.92 Å². The third kappa shape index (κ3) is 9.42. The first-order chi connectivity index (χ1) is 7.24. The highest BCUT2D eigenvalue weighted by Gasteiger charge is 2.11. The average Bonchev–Trinajstić information content (AvgIpc) is 2.27. The lowest BCUT2D eigenvalue weighted by molar-refractivity contribution is -0.0906. The molecule has 0 radical (unpaired) electrons. The second kappa shape index (κ2) is 11.0. The van der Waals surface area contributed by atoms with E-state index in [1.165, 1.54) is 6.04 Å². The molecule has 2 nitrogen and oxygen atoms in total. The summed E-state index contributed by atoms with van der Waals surface area (Å²) < 4.78 is 11.4. The van der Waals surface area contributed by atoms with Gasteiger partial charge in [0.15, 0.2) is 0 Å². The van der Waals surface area contributed by atoms with Gasteiger partial charge in [0.2, 0.25) is 0 Å². The zero-order valence-corrected chi connectivity index (χ0v) is 12.7. The minimum Gasteiger partial charge on any atom is -0.357 e.